The molecule has 1 aromatic rings. The highest BCUT2D eigenvalue weighted by Gasteiger charge is 1.74. The van der Waals surface area contributed by atoms with Gasteiger partial charge in [-0.25, -0.2) is 0 Å². The summed E-state index contributed by atoms with van der Waals surface area (Å²) in [5.74, 6) is -0.435. The number of hydrogen-bond acceptors (Lipinski definition) is 4. The minimum absolute atomic E-state index is 0.412. The van der Waals surface area contributed by atoms with Crippen molar-refractivity contribution >= 4 is 11.3 Å². The summed E-state index contributed by atoms with van der Waals surface area (Å²) in [4.78, 5) is 3.02. The summed E-state index contributed by atoms with van der Waals surface area (Å²) < 4.78 is 0. The fourth-order valence-electron chi connectivity index (χ4n) is 0.243. The molecule has 38 valence electrons. The van der Waals surface area contributed by atoms with Gasteiger partial charge in [0, 0.05) is 10.6 Å². The summed E-state index contributed by atoms with van der Waals surface area (Å²) >= 11 is 0.825. The van der Waals surface area contributed by atoms with Gasteiger partial charge in [-0.15, -0.1) is 11.3 Å². The van der Waals surface area contributed by atoms with Gasteiger partial charge in [-0.2, -0.15) is 0 Å². The third-order valence-electron chi connectivity index (χ3n) is 0.462. The largest absolute Gasteiger partial charge is 0.858 e. The van der Waals surface area contributed by atoms with Gasteiger partial charge in [0.15, 0.2) is 0 Å². The number of hydrogen-bond donors (Lipinski definition) is 0. The first kappa shape index (κ1) is 4.39. The monoisotopic (exact) mass is 115 g/mol. The maximum Gasteiger partial charge on any atom is 0.0424 e. The minimum atomic E-state index is -0.435. The maximum atomic E-state index is 10.00. The van der Waals surface area contributed by atoms with E-state index in [0.29, 0.717) is 0 Å². The zero-order chi connectivity index (χ0) is 5.28. The lowest BCUT2D eigenvalue weighted by atomic mass is 10.9. The number of rotatable bonds is 0. The second-order valence-electron chi connectivity index (χ2n) is 0.952. The molecule has 1 rings (SSSR count). The first-order valence-electron chi connectivity index (χ1n) is 1.58. The van der Waals surface area contributed by atoms with Gasteiger partial charge in [0.2, 0.25) is 0 Å². The SMILES string of the molecule is [O-]c1csc([O-])n1. The van der Waals surface area contributed by atoms with E-state index in [2.05, 4.69) is 4.98 Å². The normalized spacial score (nSPS) is 9.14. The summed E-state index contributed by atoms with van der Waals surface area (Å²) in [7, 11) is 0. The fraction of sp³-hybridized carbons (Fsp3) is 0. The Morgan fingerprint density at radius 1 is 1.57 bits per heavy atom. The molecule has 0 spiro atoms. The smallest absolute Gasteiger partial charge is 0.0424 e. The van der Waals surface area contributed by atoms with E-state index in [1.165, 1.54) is 5.38 Å². The lowest BCUT2D eigenvalue weighted by molar-refractivity contribution is -0.286. The van der Waals surface area contributed by atoms with Crippen molar-refractivity contribution in [3.8, 4) is 11.1 Å². The number of thiazole rings is 1. The van der Waals surface area contributed by atoms with Gasteiger partial charge in [0.1, 0.15) is 0 Å². The van der Waals surface area contributed by atoms with Gasteiger partial charge in [-0.05, 0) is 5.88 Å². The molecule has 0 bridgehead atoms. The van der Waals surface area contributed by atoms with Crippen LogP contribution in [0.15, 0.2) is 5.38 Å². The van der Waals surface area contributed by atoms with Gasteiger partial charge in [-0.1, -0.05) is 0 Å². The molecule has 0 aliphatic heterocycles. The zero-order valence-electron chi connectivity index (χ0n) is 3.25. The quantitative estimate of drug-likeness (QED) is 0.448. The maximum absolute atomic E-state index is 10.00. The Kier molecular flexibility index (Phi) is 0.867. The van der Waals surface area contributed by atoms with Crippen LogP contribution in [0.5, 0.6) is 11.1 Å². The summed E-state index contributed by atoms with van der Waals surface area (Å²) in [6.45, 7) is 0. The van der Waals surface area contributed by atoms with Crippen molar-refractivity contribution in [3.05, 3.63) is 5.38 Å². The summed E-state index contributed by atoms with van der Waals surface area (Å²) in [6, 6.07) is 0. The van der Waals surface area contributed by atoms with Crippen molar-refractivity contribution < 1.29 is 10.2 Å². The van der Waals surface area contributed by atoms with E-state index in [1.54, 1.807) is 0 Å². The minimum Gasteiger partial charge on any atom is -0.858 e. The second-order valence-corrected chi connectivity index (χ2v) is 1.77. The van der Waals surface area contributed by atoms with Gasteiger partial charge in [0.05, 0.1) is 0 Å². The molecule has 0 saturated heterocycles. The Hall–Kier alpha value is -0.770. The number of nitrogens with zero attached hydrogens (tertiary/aromatic N) is 1. The average molecular weight is 115 g/mol. The molecule has 0 aliphatic carbocycles. The van der Waals surface area contributed by atoms with Crippen molar-refractivity contribution in [3.63, 3.8) is 0 Å². The van der Waals surface area contributed by atoms with Crippen LogP contribution in [-0.2, 0) is 0 Å². The molecule has 0 N–H and O–H groups in total. The summed E-state index contributed by atoms with van der Waals surface area (Å²) in [5, 5.41) is 20.8. The summed E-state index contributed by atoms with van der Waals surface area (Å²) in [5.41, 5.74) is 0. The lowest BCUT2D eigenvalue weighted by Gasteiger charge is -1.94. The van der Waals surface area contributed by atoms with E-state index in [9.17, 15) is 10.2 Å². The van der Waals surface area contributed by atoms with Crippen molar-refractivity contribution in [2.45, 2.75) is 0 Å². The van der Waals surface area contributed by atoms with Gasteiger partial charge in [0.25, 0.3) is 0 Å². The second kappa shape index (κ2) is 1.38. The third-order valence-corrected chi connectivity index (χ3v) is 1.07. The molecule has 0 aliphatic rings. The van der Waals surface area contributed by atoms with Crippen LogP contribution in [0.3, 0.4) is 0 Å². The Bertz CT molecular complexity index is 145. The molecule has 0 atom stereocenters. The molecule has 4 heteroatoms. The first-order valence-corrected chi connectivity index (χ1v) is 2.46. The zero-order valence-corrected chi connectivity index (χ0v) is 4.07. The molecule has 1 heterocycles. The highest BCUT2D eigenvalue weighted by molar-refractivity contribution is 7.11. The molecule has 0 radical (unpaired) electrons. The standard InChI is InChI=1S/C3H3NO2S/c5-2-1-7-3(6)4-2/h1,5H,(H,4,6)/p-2. The molecule has 7 heavy (non-hydrogen) atoms. The van der Waals surface area contributed by atoms with Crippen LogP contribution in [0.1, 0.15) is 0 Å². The molecule has 3 nitrogen and oxygen atoms in total. The van der Waals surface area contributed by atoms with Crippen LogP contribution in [0, 0.1) is 0 Å². The van der Waals surface area contributed by atoms with Gasteiger partial charge >= 0.3 is 0 Å². The average Bonchev–Trinajstić information content (AvgIpc) is 1.87. The van der Waals surface area contributed by atoms with E-state index in [-0.39, 0.29) is 0 Å². The summed E-state index contributed by atoms with van der Waals surface area (Å²) in [6.07, 6.45) is 0. The molecule has 0 amide bonds. The molecular weight excluding hydrogens is 114 g/mol. The Labute approximate surface area is 43.9 Å². The van der Waals surface area contributed by atoms with Crippen molar-refractivity contribution in [2.24, 2.45) is 0 Å². The highest BCUT2D eigenvalue weighted by atomic mass is 32.1. The molecule has 0 aromatic carbocycles. The van der Waals surface area contributed by atoms with Gasteiger partial charge < -0.3 is 10.2 Å². The topological polar surface area (TPSA) is 59.0 Å². The molecule has 0 unspecified atom stereocenters. The van der Waals surface area contributed by atoms with E-state index >= 15 is 0 Å². The Morgan fingerprint density at radius 3 is 2.43 bits per heavy atom. The van der Waals surface area contributed by atoms with E-state index in [4.69, 9.17) is 0 Å². The van der Waals surface area contributed by atoms with Crippen LogP contribution >= 0.6 is 11.3 Å². The Balaban J connectivity index is 3.04. The third kappa shape index (κ3) is 0.806. The van der Waals surface area contributed by atoms with E-state index in [0.717, 1.165) is 11.3 Å². The molecule has 0 fully saturated rings. The van der Waals surface area contributed by atoms with Crippen LogP contribution in [-0.4, -0.2) is 4.98 Å². The highest BCUT2D eigenvalue weighted by Crippen LogP contribution is 2.13. The predicted octanol–water partition coefficient (Wildman–Crippen LogP) is -0.710. The van der Waals surface area contributed by atoms with Crippen LogP contribution in [0.25, 0.3) is 0 Å². The van der Waals surface area contributed by atoms with Crippen LogP contribution in [0.4, 0.5) is 0 Å². The van der Waals surface area contributed by atoms with Crippen LogP contribution < -0.4 is 10.2 Å². The molecule has 1 aromatic heterocycles. The van der Waals surface area contributed by atoms with Crippen molar-refractivity contribution in [1.29, 1.82) is 0 Å². The van der Waals surface area contributed by atoms with Gasteiger partial charge in [-0.3, -0.25) is 4.98 Å². The first-order chi connectivity index (χ1) is 3.29. The Morgan fingerprint density at radius 2 is 2.29 bits per heavy atom. The molecular formula is C3HNO2S-2. The molecule has 0 saturated carbocycles. The van der Waals surface area contributed by atoms with Crippen LogP contribution in [0.2, 0.25) is 0 Å². The van der Waals surface area contributed by atoms with Crippen molar-refractivity contribution in [2.75, 3.05) is 0 Å². The van der Waals surface area contributed by atoms with E-state index in [1.807, 2.05) is 0 Å². The van der Waals surface area contributed by atoms with E-state index < -0.39 is 11.1 Å². The number of aromatic nitrogens is 1. The van der Waals surface area contributed by atoms with Crippen molar-refractivity contribution in [1.82, 2.24) is 4.98 Å². The lowest BCUT2D eigenvalue weighted by Crippen LogP contribution is -1.91. The predicted molar refractivity (Wildman–Crippen MR) is 21.0 cm³/mol. The fourth-order valence-corrected chi connectivity index (χ4v) is 0.641.